The molecule has 1 heterocycles. The zero-order valence-electron chi connectivity index (χ0n) is 6.91. The summed E-state index contributed by atoms with van der Waals surface area (Å²) in [4.78, 5) is 3.97. The smallest absolute Gasteiger partial charge is 0.230 e. The number of halogens is 2. The van der Waals surface area contributed by atoms with Gasteiger partial charge in [-0.3, -0.25) is 0 Å². The highest BCUT2D eigenvalue weighted by Gasteiger charge is 2.08. The number of benzene rings is 1. The molecule has 72 valence electrons. The summed E-state index contributed by atoms with van der Waals surface area (Å²) < 4.78 is 5.42. The molecule has 0 saturated carbocycles. The number of ether oxygens (including phenoxy) is 1. The van der Waals surface area contributed by atoms with Gasteiger partial charge < -0.3 is 4.74 Å². The van der Waals surface area contributed by atoms with E-state index < -0.39 is 0 Å². The van der Waals surface area contributed by atoms with Gasteiger partial charge in [-0.25, -0.2) is 4.98 Å². The van der Waals surface area contributed by atoms with Gasteiger partial charge in [0, 0.05) is 0 Å². The summed E-state index contributed by atoms with van der Waals surface area (Å²) in [6.07, 6.45) is 0. The maximum atomic E-state index is 5.91. The SMILES string of the molecule is Clc1cccc(Cl)c1Oc1cscn1. The van der Waals surface area contributed by atoms with Crippen molar-refractivity contribution in [2.75, 3.05) is 0 Å². The molecule has 0 N–H and O–H groups in total. The predicted octanol–water partition coefficient (Wildman–Crippen LogP) is 4.24. The fraction of sp³-hybridized carbons (Fsp3) is 0. The first-order chi connectivity index (χ1) is 6.77. The van der Waals surface area contributed by atoms with Crippen molar-refractivity contribution >= 4 is 34.5 Å². The normalized spacial score (nSPS) is 10.1. The number of hydrogen-bond donors (Lipinski definition) is 0. The molecule has 0 spiro atoms. The molecule has 0 saturated heterocycles. The van der Waals surface area contributed by atoms with E-state index in [0.717, 1.165) is 0 Å². The molecule has 14 heavy (non-hydrogen) atoms. The van der Waals surface area contributed by atoms with Gasteiger partial charge in [0.2, 0.25) is 5.88 Å². The number of aromatic nitrogens is 1. The topological polar surface area (TPSA) is 22.1 Å². The minimum absolute atomic E-state index is 0.446. The maximum absolute atomic E-state index is 5.91. The number of rotatable bonds is 2. The van der Waals surface area contributed by atoms with Crippen molar-refractivity contribution in [3.05, 3.63) is 39.1 Å². The van der Waals surface area contributed by atoms with E-state index in [-0.39, 0.29) is 0 Å². The molecule has 5 heteroatoms. The van der Waals surface area contributed by atoms with E-state index in [9.17, 15) is 0 Å². The van der Waals surface area contributed by atoms with Gasteiger partial charge in [-0.2, -0.15) is 0 Å². The van der Waals surface area contributed by atoms with Gasteiger partial charge in [0.25, 0.3) is 0 Å². The van der Waals surface area contributed by atoms with Gasteiger partial charge in [-0.05, 0) is 12.1 Å². The van der Waals surface area contributed by atoms with Gasteiger partial charge in [0.15, 0.2) is 5.75 Å². The molecule has 0 fully saturated rings. The summed E-state index contributed by atoms with van der Waals surface area (Å²) in [6.45, 7) is 0. The van der Waals surface area contributed by atoms with Crippen LogP contribution in [0.5, 0.6) is 11.6 Å². The van der Waals surface area contributed by atoms with Crippen LogP contribution < -0.4 is 4.74 Å². The van der Waals surface area contributed by atoms with Crippen LogP contribution in [0.25, 0.3) is 0 Å². The lowest BCUT2D eigenvalue weighted by Gasteiger charge is -2.05. The molecule has 0 radical (unpaired) electrons. The molecule has 0 unspecified atom stereocenters. The zero-order chi connectivity index (χ0) is 9.97. The zero-order valence-corrected chi connectivity index (χ0v) is 9.23. The Morgan fingerprint density at radius 1 is 1.21 bits per heavy atom. The van der Waals surface area contributed by atoms with Crippen LogP contribution in [0.15, 0.2) is 29.1 Å². The number of hydrogen-bond acceptors (Lipinski definition) is 3. The summed E-state index contributed by atoms with van der Waals surface area (Å²) in [7, 11) is 0. The molecular weight excluding hydrogens is 241 g/mol. The Kier molecular flexibility index (Phi) is 2.91. The lowest BCUT2D eigenvalue weighted by molar-refractivity contribution is 0.467. The van der Waals surface area contributed by atoms with Crippen LogP contribution in [-0.4, -0.2) is 4.98 Å². The molecule has 0 bridgehead atoms. The van der Waals surface area contributed by atoms with Crippen LogP contribution in [0.1, 0.15) is 0 Å². The van der Waals surface area contributed by atoms with E-state index >= 15 is 0 Å². The second kappa shape index (κ2) is 4.17. The van der Waals surface area contributed by atoms with Crippen molar-refractivity contribution in [1.82, 2.24) is 4.98 Å². The second-order valence-electron chi connectivity index (χ2n) is 2.48. The Morgan fingerprint density at radius 2 is 1.93 bits per heavy atom. The average molecular weight is 246 g/mol. The summed E-state index contributed by atoms with van der Waals surface area (Å²) >= 11 is 13.3. The monoisotopic (exact) mass is 245 g/mol. The molecule has 1 aromatic heterocycles. The van der Waals surface area contributed by atoms with Crippen molar-refractivity contribution in [2.24, 2.45) is 0 Å². The minimum atomic E-state index is 0.446. The second-order valence-corrected chi connectivity index (χ2v) is 4.01. The fourth-order valence-electron chi connectivity index (χ4n) is 0.936. The van der Waals surface area contributed by atoms with E-state index in [1.165, 1.54) is 11.3 Å². The first kappa shape index (κ1) is 9.77. The van der Waals surface area contributed by atoms with Crippen LogP contribution >= 0.6 is 34.5 Å². The predicted molar refractivity (Wildman–Crippen MR) is 58.7 cm³/mol. The number of para-hydroxylation sites is 1. The first-order valence-electron chi connectivity index (χ1n) is 3.77. The number of thiazole rings is 1. The Morgan fingerprint density at radius 3 is 2.50 bits per heavy atom. The third-order valence-electron chi connectivity index (χ3n) is 1.54. The minimum Gasteiger partial charge on any atom is -0.435 e. The van der Waals surface area contributed by atoms with Crippen LogP contribution in [0.3, 0.4) is 0 Å². The lowest BCUT2D eigenvalue weighted by Crippen LogP contribution is -1.85. The van der Waals surface area contributed by atoms with Crippen LogP contribution in [0.4, 0.5) is 0 Å². The van der Waals surface area contributed by atoms with Crippen LogP contribution in [-0.2, 0) is 0 Å². The molecule has 2 nitrogen and oxygen atoms in total. The van der Waals surface area contributed by atoms with E-state index in [2.05, 4.69) is 4.98 Å². The van der Waals surface area contributed by atoms with Gasteiger partial charge in [0.1, 0.15) is 0 Å². The van der Waals surface area contributed by atoms with Gasteiger partial charge in [-0.1, -0.05) is 29.3 Å². The Bertz CT molecular complexity index is 410. The molecule has 0 aliphatic heterocycles. The Hall–Kier alpha value is -0.770. The first-order valence-corrected chi connectivity index (χ1v) is 5.47. The third kappa shape index (κ3) is 2.00. The van der Waals surface area contributed by atoms with Crippen LogP contribution in [0.2, 0.25) is 10.0 Å². The molecular formula is C9H5Cl2NOS. The molecule has 1 aromatic carbocycles. The highest BCUT2D eigenvalue weighted by atomic mass is 35.5. The molecule has 2 rings (SSSR count). The fourth-order valence-corrected chi connectivity index (χ4v) is 1.86. The quantitative estimate of drug-likeness (QED) is 0.790. The standard InChI is InChI=1S/C9H5Cl2NOS/c10-6-2-1-3-7(11)9(6)13-8-4-14-5-12-8/h1-5H. The molecule has 0 aliphatic carbocycles. The molecule has 0 atom stereocenters. The molecule has 0 amide bonds. The van der Waals surface area contributed by atoms with Gasteiger partial charge in [0.05, 0.1) is 20.9 Å². The lowest BCUT2D eigenvalue weighted by atomic mass is 10.3. The maximum Gasteiger partial charge on any atom is 0.230 e. The summed E-state index contributed by atoms with van der Waals surface area (Å²) in [5.41, 5.74) is 1.68. The summed E-state index contributed by atoms with van der Waals surface area (Å²) in [5.74, 6) is 0.951. The van der Waals surface area contributed by atoms with E-state index in [0.29, 0.717) is 21.7 Å². The third-order valence-corrected chi connectivity index (χ3v) is 2.70. The largest absolute Gasteiger partial charge is 0.435 e. The number of nitrogens with zero attached hydrogens (tertiary/aromatic N) is 1. The van der Waals surface area contributed by atoms with E-state index in [1.807, 2.05) is 0 Å². The van der Waals surface area contributed by atoms with Crippen LogP contribution in [0, 0.1) is 0 Å². The van der Waals surface area contributed by atoms with E-state index in [4.69, 9.17) is 27.9 Å². The van der Waals surface area contributed by atoms with Gasteiger partial charge >= 0.3 is 0 Å². The van der Waals surface area contributed by atoms with Crippen molar-refractivity contribution < 1.29 is 4.74 Å². The highest BCUT2D eigenvalue weighted by molar-refractivity contribution is 7.07. The van der Waals surface area contributed by atoms with E-state index in [1.54, 1.807) is 29.1 Å². The highest BCUT2D eigenvalue weighted by Crippen LogP contribution is 2.35. The summed E-state index contributed by atoms with van der Waals surface area (Å²) in [6, 6.07) is 5.20. The van der Waals surface area contributed by atoms with Crippen molar-refractivity contribution in [3.63, 3.8) is 0 Å². The van der Waals surface area contributed by atoms with Gasteiger partial charge in [-0.15, -0.1) is 11.3 Å². The van der Waals surface area contributed by atoms with Crippen molar-refractivity contribution in [3.8, 4) is 11.6 Å². The molecule has 0 aliphatic rings. The Balaban J connectivity index is 2.33. The Labute approximate surface area is 95.1 Å². The average Bonchev–Trinajstić information content (AvgIpc) is 2.64. The van der Waals surface area contributed by atoms with Crippen molar-refractivity contribution in [1.29, 1.82) is 0 Å². The summed E-state index contributed by atoms with van der Waals surface area (Å²) in [5, 5.41) is 2.73. The van der Waals surface area contributed by atoms with Crippen molar-refractivity contribution in [2.45, 2.75) is 0 Å². The molecule has 2 aromatic rings.